The van der Waals surface area contributed by atoms with Gasteiger partial charge in [-0.15, -0.1) is 11.3 Å². The molecule has 33 heavy (non-hydrogen) atoms. The zero-order valence-corrected chi connectivity index (χ0v) is 18.7. The number of ether oxygens (including phenoxy) is 1. The predicted octanol–water partition coefficient (Wildman–Crippen LogP) is 4.99. The van der Waals surface area contributed by atoms with Crippen LogP contribution in [0.5, 0.6) is 0 Å². The molecule has 166 valence electrons. The minimum atomic E-state index is -1.09. The number of anilines is 1. The number of thiophene rings is 1. The van der Waals surface area contributed by atoms with Crippen molar-refractivity contribution in [3.8, 4) is 16.3 Å². The lowest BCUT2D eigenvalue weighted by atomic mass is 10.1. The molecule has 0 spiro atoms. The van der Waals surface area contributed by atoms with Crippen LogP contribution >= 0.6 is 22.9 Å². The van der Waals surface area contributed by atoms with Crippen molar-refractivity contribution in [2.45, 2.75) is 0 Å². The van der Waals surface area contributed by atoms with Gasteiger partial charge in [-0.25, -0.2) is 14.3 Å². The van der Waals surface area contributed by atoms with E-state index < -0.39 is 17.8 Å². The number of carboxylic acids is 1. The summed E-state index contributed by atoms with van der Waals surface area (Å²) >= 11 is 7.36. The number of hydrogen-bond donors (Lipinski definition) is 2. The summed E-state index contributed by atoms with van der Waals surface area (Å²) in [6.45, 7) is 0. The average Bonchev–Trinajstić information content (AvgIpc) is 3.45. The fourth-order valence-corrected chi connectivity index (χ4v) is 4.13. The van der Waals surface area contributed by atoms with Crippen molar-refractivity contribution in [3.63, 3.8) is 0 Å². The fourth-order valence-electron chi connectivity index (χ4n) is 3.09. The lowest BCUT2D eigenvalue weighted by Crippen LogP contribution is -2.12. The van der Waals surface area contributed by atoms with E-state index in [9.17, 15) is 19.5 Å². The molecule has 2 aromatic heterocycles. The first kappa shape index (κ1) is 22.3. The van der Waals surface area contributed by atoms with Crippen molar-refractivity contribution >= 4 is 46.5 Å². The van der Waals surface area contributed by atoms with Gasteiger partial charge >= 0.3 is 11.9 Å². The molecule has 0 unspecified atom stereocenters. The summed E-state index contributed by atoms with van der Waals surface area (Å²) in [6.07, 6.45) is 1.56. The highest BCUT2D eigenvalue weighted by molar-refractivity contribution is 7.19. The molecule has 4 aromatic rings. The van der Waals surface area contributed by atoms with E-state index in [1.807, 2.05) is 0 Å². The van der Waals surface area contributed by atoms with Crippen LogP contribution in [-0.2, 0) is 4.74 Å². The van der Waals surface area contributed by atoms with Gasteiger partial charge in [-0.05, 0) is 54.6 Å². The molecule has 0 saturated heterocycles. The molecule has 2 aromatic carbocycles. The Labute approximate surface area is 197 Å². The Hall–Kier alpha value is -3.95. The number of hydrogen-bond acceptors (Lipinski definition) is 6. The van der Waals surface area contributed by atoms with Crippen LogP contribution in [0, 0.1) is 0 Å². The van der Waals surface area contributed by atoms with Gasteiger partial charge in [0.15, 0.2) is 0 Å². The molecule has 4 rings (SSSR count). The normalized spacial score (nSPS) is 10.6. The zero-order valence-electron chi connectivity index (χ0n) is 17.1. The predicted molar refractivity (Wildman–Crippen MR) is 125 cm³/mol. The van der Waals surface area contributed by atoms with E-state index >= 15 is 0 Å². The van der Waals surface area contributed by atoms with Crippen molar-refractivity contribution < 1.29 is 24.2 Å². The zero-order chi connectivity index (χ0) is 23.5. The summed E-state index contributed by atoms with van der Waals surface area (Å²) in [5, 5.41) is 16.5. The summed E-state index contributed by atoms with van der Waals surface area (Å²) in [7, 11) is 1.30. The number of aromatic nitrogens is 2. The molecular weight excluding hydrogens is 466 g/mol. The van der Waals surface area contributed by atoms with E-state index in [-0.39, 0.29) is 11.1 Å². The van der Waals surface area contributed by atoms with Crippen LogP contribution in [0.4, 0.5) is 5.69 Å². The monoisotopic (exact) mass is 481 g/mol. The van der Waals surface area contributed by atoms with Gasteiger partial charge in [0.1, 0.15) is 5.69 Å². The topological polar surface area (TPSA) is 111 Å². The highest BCUT2D eigenvalue weighted by Crippen LogP contribution is 2.33. The number of nitrogens with one attached hydrogen (secondary N) is 1. The van der Waals surface area contributed by atoms with Crippen molar-refractivity contribution in [3.05, 3.63) is 87.9 Å². The summed E-state index contributed by atoms with van der Waals surface area (Å²) in [5.74, 6) is -2.02. The van der Waals surface area contributed by atoms with Crippen molar-refractivity contribution in [1.82, 2.24) is 9.78 Å². The number of esters is 1. The maximum absolute atomic E-state index is 13.1. The van der Waals surface area contributed by atoms with Gasteiger partial charge in [0.05, 0.1) is 38.7 Å². The molecule has 0 radical (unpaired) electrons. The van der Waals surface area contributed by atoms with E-state index in [4.69, 9.17) is 16.3 Å². The molecular formula is C23H16ClN3O5S. The minimum absolute atomic E-state index is 0.0550. The van der Waals surface area contributed by atoms with Crippen LogP contribution in [-0.4, -0.2) is 39.8 Å². The van der Waals surface area contributed by atoms with Crippen LogP contribution in [0.3, 0.4) is 0 Å². The Morgan fingerprint density at radius 1 is 1.06 bits per heavy atom. The molecule has 2 N–H and O–H groups in total. The van der Waals surface area contributed by atoms with E-state index in [2.05, 4.69) is 10.4 Å². The summed E-state index contributed by atoms with van der Waals surface area (Å²) < 4.78 is 6.78. The number of nitrogens with zero attached hydrogens (tertiary/aromatic N) is 2. The van der Waals surface area contributed by atoms with Gasteiger partial charge in [0.2, 0.25) is 0 Å². The summed E-state index contributed by atoms with van der Waals surface area (Å²) in [6, 6.07) is 16.0. The number of carbonyl (C=O) groups excluding carboxylic acids is 2. The van der Waals surface area contributed by atoms with Crippen LogP contribution < -0.4 is 5.32 Å². The largest absolute Gasteiger partial charge is 0.478 e. The Bertz CT molecular complexity index is 1360. The Morgan fingerprint density at radius 2 is 1.82 bits per heavy atom. The molecule has 0 aliphatic heterocycles. The molecule has 10 heteroatoms. The Morgan fingerprint density at radius 3 is 2.45 bits per heavy atom. The van der Waals surface area contributed by atoms with Crippen LogP contribution in [0.15, 0.2) is 66.9 Å². The maximum atomic E-state index is 13.1. The lowest BCUT2D eigenvalue weighted by Gasteiger charge is -2.05. The smallest absolute Gasteiger partial charge is 0.337 e. The number of aromatic carboxylic acids is 1. The van der Waals surface area contributed by atoms with Gasteiger partial charge < -0.3 is 15.2 Å². The summed E-state index contributed by atoms with van der Waals surface area (Å²) in [4.78, 5) is 36.7. The maximum Gasteiger partial charge on any atom is 0.337 e. The Kier molecular flexibility index (Phi) is 6.25. The molecule has 0 bridgehead atoms. The van der Waals surface area contributed by atoms with E-state index in [0.29, 0.717) is 31.8 Å². The van der Waals surface area contributed by atoms with Gasteiger partial charge in [-0.1, -0.05) is 17.7 Å². The number of benzene rings is 2. The number of methoxy groups -OCH3 is 1. The number of rotatable bonds is 6. The second kappa shape index (κ2) is 9.27. The van der Waals surface area contributed by atoms with Gasteiger partial charge in [0, 0.05) is 11.9 Å². The number of carbonyl (C=O) groups is 3. The number of carboxylic acid groups (broad SMARTS) is 1. The highest BCUT2D eigenvalue weighted by atomic mass is 35.5. The first-order valence-electron chi connectivity index (χ1n) is 9.54. The lowest BCUT2D eigenvalue weighted by molar-refractivity contribution is 0.0599. The van der Waals surface area contributed by atoms with Crippen LogP contribution in [0.1, 0.15) is 31.1 Å². The van der Waals surface area contributed by atoms with Crippen molar-refractivity contribution in [1.29, 1.82) is 0 Å². The third-order valence-electron chi connectivity index (χ3n) is 4.69. The van der Waals surface area contributed by atoms with Gasteiger partial charge in [-0.2, -0.15) is 5.10 Å². The molecule has 0 atom stereocenters. The average molecular weight is 482 g/mol. The first-order valence-corrected chi connectivity index (χ1v) is 10.7. The molecule has 0 saturated carbocycles. The quantitative estimate of drug-likeness (QED) is 0.375. The van der Waals surface area contributed by atoms with Crippen LogP contribution in [0.25, 0.3) is 16.3 Å². The minimum Gasteiger partial charge on any atom is -0.478 e. The molecule has 8 nitrogen and oxygen atoms in total. The summed E-state index contributed by atoms with van der Waals surface area (Å²) in [5.41, 5.74) is 2.08. The third kappa shape index (κ3) is 4.79. The third-order valence-corrected chi connectivity index (χ3v) is 5.92. The standard InChI is InChI=1S/C23H16ClN3O5S/c1-32-23(31)13-5-7-16(8-6-13)27-12-17(20(26-27)18-9-10-19(24)33-18)21(28)25-15-4-2-3-14(11-15)22(29)30/h2-12H,1H3,(H,25,28)(H,29,30). The molecule has 2 heterocycles. The van der Waals surface area contributed by atoms with Crippen LogP contribution in [0.2, 0.25) is 4.34 Å². The van der Waals surface area contributed by atoms with Gasteiger partial charge in [0.25, 0.3) is 5.91 Å². The fraction of sp³-hybridized carbons (Fsp3) is 0.0435. The van der Waals surface area contributed by atoms with E-state index in [1.165, 1.54) is 35.3 Å². The molecule has 0 aliphatic carbocycles. The molecule has 0 fully saturated rings. The Balaban J connectivity index is 1.71. The SMILES string of the molecule is COC(=O)c1ccc(-n2cc(C(=O)Nc3cccc(C(=O)O)c3)c(-c3ccc(Cl)s3)n2)cc1. The molecule has 0 aliphatic rings. The first-order chi connectivity index (χ1) is 15.9. The van der Waals surface area contributed by atoms with Gasteiger partial charge in [-0.3, -0.25) is 4.79 Å². The second-order valence-electron chi connectivity index (χ2n) is 6.82. The highest BCUT2D eigenvalue weighted by Gasteiger charge is 2.21. The number of halogens is 1. The van der Waals surface area contributed by atoms with E-state index in [1.54, 1.807) is 54.7 Å². The second-order valence-corrected chi connectivity index (χ2v) is 8.53. The van der Waals surface area contributed by atoms with Crippen molar-refractivity contribution in [2.24, 2.45) is 0 Å². The van der Waals surface area contributed by atoms with E-state index in [0.717, 1.165) is 0 Å². The van der Waals surface area contributed by atoms with Crippen molar-refractivity contribution in [2.75, 3.05) is 12.4 Å². The number of amides is 1. The molecule has 1 amide bonds.